The van der Waals surface area contributed by atoms with E-state index in [-0.39, 0.29) is 12.5 Å². The number of nitrogens with zero attached hydrogens (tertiary/aromatic N) is 1. The van der Waals surface area contributed by atoms with Gasteiger partial charge in [-0.1, -0.05) is 24.3 Å². The number of aliphatic hydroxyl groups excluding tert-OH is 1. The third kappa shape index (κ3) is 5.97. The number of likely N-dealkylation sites (N-methyl/N-ethyl adjacent to an activating group) is 1. The van der Waals surface area contributed by atoms with Gasteiger partial charge in [0.2, 0.25) is 5.91 Å². The number of nitrogens with two attached hydrogens (primary N) is 1. The zero-order chi connectivity index (χ0) is 20.0. The second kappa shape index (κ2) is 8.88. The smallest absolute Gasteiger partial charge is 0.416 e. The first kappa shape index (κ1) is 20.7. The number of alkyl halides is 3. The summed E-state index contributed by atoms with van der Waals surface area (Å²) in [7, 11) is 1.58. The van der Waals surface area contributed by atoms with Crippen molar-refractivity contribution >= 4 is 5.91 Å². The van der Waals surface area contributed by atoms with Crippen LogP contribution < -0.4 is 10.5 Å². The van der Waals surface area contributed by atoms with Gasteiger partial charge in [-0.3, -0.25) is 4.79 Å². The van der Waals surface area contributed by atoms with Gasteiger partial charge in [-0.05, 0) is 35.4 Å². The highest BCUT2D eigenvalue weighted by atomic mass is 19.4. The molecule has 146 valence electrons. The average molecular weight is 382 g/mol. The van der Waals surface area contributed by atoms with E-state index in [0.29, 0.717) is 17.9 Å². The predicted octanol–water partition coefficient (Wildman–Crippen LogP) is 2.56. The second-order valence-electron chi connectivity index (χ2n) is 6.11. The molecule has 2 aromatic rings. The number of hydrogen-bond acceptors (Lipinski definition) is 4. The Hall–Kier alpha value is -2.58. The third-order valence-electron chi connectivity index (χ3n) is 3.89. The highest BCUT2D eigenvalue weighted by Crippen LogP contribution is 2.29. The van der Waals surface area contributed by atoms with Crippen molar-refractivity contribution in [2.45, 2.75) is 25.4 Å². The van der Waals surface area contributed by atoms with Crippen molar-refractivity contribution < 1.29 is 27.8 Å². The molecule has 0 aromatic heterocycles. The minimum atomic E-state index is -4.39. The van der Waals surface area contributed by atoms with E-state index in [9.17, 15) is 18.0 Å². The molecular weight excluding hydrogens is 361 g/mol. The summed E-state index contributed by atoms with van der Waals surface area (Å²) < 4.78 is 43.7. The van der Waals surface area contributed by atoms with Gasteiger partial charge in [-0.2, -0.15) is 13.2 Å². The standard InChI is InChI=1S/C19H21F3N2O3/c1-24(18(26)17(23)11-25)10-13-5-7-16(8-6-13)27-12-14-3-2-4-15(9-14)19(20,21)22/h2-9,17,25H,10-12,23H2,1H3. The maximum absolute atomic E-state index is 12.7. The van der Waals surface area contributed by atoms with Crippen LogP contribution >= 0.6 is 0 Å². The molecule has 5 nitrogen and oxygen atoms in total. The van der Waals surface area contributed by atoms with Crippen molar-refractivity contribution in [1.82, 2.24) is 4.90 Å². The molecule has 2 rings (SSSR count). The Balaban J connectivity index is 1.93. The molecule has 0 heterocycles. The molecule has 1 atom stereocenters. The van der Waals surface area contributed by atoms with E-state index in [4.69, 9.17) is 15.6 Å². The lowest BCUT2D eigenvalue weighted by Crippen LogP contribution is -2.43. The summed E-state index contributed by atoms with van der Waals surface area (Å²) in [5.41, 5.74) is 6.02. The van der Waals surface area contributed by atoms with Crippen LogP contribution in [0.2, 0.25) is 0 Å². The zero-order valence-electron chi connectivity index (χ0n) is 14.7. The van der Waals surface area contributed by atoms with Gasteiger partial charge in [0.15, 0.2) is 0 Å². The predicted molar refractivity (Wildman–Crippen MR) is 93.8 cm³/mol. The number of amides is 1. The van der Waals surface area contributed by atoms with Crippen molar-refractivity contribution in [3.05, 3.63) is 65.2 Å². The van der Waals surface area contributed by atoms with Crippen LogP contribution in [0.15, 0.2) is 48.5 Å². The van der Waals surface area contributed by atoms with E-state index < -0.39 is 24.4 Å². The van der Waals surface area contributed by atoms with Crippen molar-refractivity contribution in [1.29, 1.82) is 0 Å². The molecule has 1 unspecified atom stereocenters. The number of hydrogen-bond donors (Lipinski definition) is 2. The normalized spacial score (nSPS) is 12.5. The Bertz CT molecular complexity index is 764. The van der Waals surface area contributed by atoms with Gasteiger partial charge in [0, 0.05) is 13.6 Å². The van der Waals surface area contributed by atoms with Gasteiger partial charge in [0.05, 0.1) is 12.2 Å². The summed E-state index contributed by atoms with van der Waals surface area (Å²) in [5, 5.41) is 8.92. The fraction of sp³-hybridized carbons (Fsp3) is 0.316. The molecule has 0 saturated carbocycles. The highest BCUT2D eigenvalue weighted by Gasteiger charge is 2.30. The average Bonchev–Trinajstić information content (AvgIpc) is 2.65. The number of carbonyl (C=O) groups excluding carboxylic acids is 1. The first-order valence-corrected chi connectivity index (χ1v) is 8.20. The van der Waals surface area contributed by atoms with Crippen molar-refractivity contribution in [2.75, 3.05) is 13.7 Å². The Morgan fingerprint density at radius 1 is 1.19 bits per heavy atom. The van der Waals surface area contributed by atoms with E-state index in [0.717, 1.165) is 17.7 Å². The quantitative estimate of drug-likeness (QED) is 0.772. The van der Waals surface area contributed by atoms with Crippen LogP contribution in [0.1, 0.15) is 16.7 Å². The lowest BCUT2D eigenvalue weighted by molar-refractivity contribution is -0.137. The molecule has 2 aromatic carbocycles. The van der Waals surface area contributed by atoms with Gasteiger partial charge >= 0.3 is 6.18 Å². The molecular formula is C19H21F3N2O3. The van der Waals surface area contributed by atoms with E-state index in [2.05, 4.69) is 0 Å². The first-order chi connectivity index (χ1) is 12.7. The number of ether oxygens (including phenoxy) is 1. The monoisotopic (exact) mass is 382 g/mol. The molecule has 8 heteroatoms. The highest BCUT2D eigenvalue weighted by molar-refractivity contribution is 5.81. The van der Waals surface area contributed by atoms with E-state index in [1.54, 1.807) is 37.4 Å². The van der Waals surface area contributed by atoms with Crippen LogP contribution in [0.4, 0.5) is 13.2 Å². The Morgan fingerprint density at radius 2 is 1.85 bits per heavy atom. The molecule has 3 N–H and O–H groups in total. The van der Waals surface area contributed by atoms with Crippen molar-refractivity contribution in [2.24, 2.45) is 5.73 Å². The van der Waals surface area contributed by atoms with E-state index in [1.165, 1.54) is 11.0 Å². The molecule has 0 bridgehead atoms. The maximum atomic E-state index is 12.7. The number of carbonyl (C=O) groups is 1. The molecule has 0 aliphatic rings. The number of rotatable bonds is 7. The second-order valence-corrected chi connectivity index (χ2v) is 6.11. The van der Waals surface area contributed by atoms with Crippen LogP contribution in [0.25, 0.3) is 0 Å². The zero-order valence-corrected chi connectivity index (χ0v) is 14.7. The molecule has 0 radical (unpaired) electrons. The lowest BCUT2D eigenvalue weighted by Gasteiger charge is -2.20. The van der Waals surface area contributed by atoms with Crippen LogP contribution in [0.3, 0.4) is 0 Å². The maximum Gasteiger partial charge on any atom is 0.416 e. The van der Waals surface area contributed by atoms with Gasteiger partial charge in [-0.25, -0.2) is 0 Å². The van der Waals surface area contributed by atoms with Gasteiger partial charge < -0.3 is 20.5 Å². The van der Waals surface area contributed by atoms with E-state index in [1.807, 2.05) is 0 Å². The molecule has 0 saturated heterocycles. The number of benzene rings is 2. The van der Waals surface area contributed by atoms with Gasteiger partial charge in [0.1, 0.15) is 18.4 Å². The number of halogens is 3. The molecule has 27 heavy (non-hydrogen) atoms. The summed E-state index contributed by atoms with van der Waals surface area (Å²) in [5.74, 6) is 0.125. The number of aliphatic hydroxyl groups is 1. The van der Waals surface area contributed by atoms with Gasteiger partial charge in [0.25, 0.3) is 0 Å². The molecule has 0 aliphatic heterocycles. The molecule has 0 fully saturated rings. The van der Waals surface area contributed by atoms with Crippen molar-refractivity contribution in [3.63, 3.8) is 0 Å². The third-order valence-corrected chi connectivity index (χ3v) is 3.89. The summed E-state index contributed by atoms with van der Waals surface area (Å²) in [6, 6.07) is 10.9. The Morgan fingerprint density at radius 3 is 2.44 bits per heavy atom. The molecule has 0 spiro atoms. The Kier molecular flexibility index (Phi) is 6.81. The minimum Gasteiger partial charge on any atom is -0.489 e. The van der Waals surface area contributed by atoms with Crippen LogP contribution in [-0.4, -0.2) is 35.6 Å². The largest absolute Gasteiger partial charge is 0.489 e. The van der Waals surface area contributed by atoms with Gasteiger partial charge in [-0.15, -0.1) is 0 Å². The molecule has 0 aliphatic carbocycles. The fourth-order valence-corrected chi connectivity index (χ4v) is 2.41. The minimum absolute atomic E-state index is 0.00695. The van der Waals surface area contributed by atoms with E-state index >= 15 is 0 Å². The Labute approximate surface area is 155 Å². The lowest BCUT2D eigenvalue weighted by atomic mass is 10.1. The molecule has 1 amide bonds. The van der Waals surface area contributed by atoms with Crippen LogP contribution in [0, 0.1) is 0 Å². The first-order valence-electron chi connectivity index (χ1n) is 8.20. The summed E-state index contributed by atoms with van der Waals surface area (Å²) in [6.07, 6.45) is -4.39. The summed E-state index contributed by atoms with van der Waals surface area (Å²) in [4.78, 5) is 13.2. The summed E-state index contributed by atoms with van der Waals surface area (Å²) in [6.45, 7) is -0.112. The summed E-state index contributed by atoms with van der Waals surface area (Å²) >= 11 is 0. The topological polar surface area (TPSA) is 75.8 Å². The van der Waals surface area contributed by atoms with Crippen LogP contribution in [0.5, 0.6) is 5.75 Å². The van der Waals surface area contributed by atoms with Crippen LogP contribution in [-0.2, 0) is 24.1 Å². The SMILES string of the molecule is CN(Cc1ccc(OCc2cccc(C(F)(F)F)c2)cc1)C(=O)C(N)CO. The fourth-order valence-electron chi connectivity index (χ4n) is 2.41. The van der Waals surface area contributed by atoms with Crippen molar-refractivity contribution in [3.8, 4) is 5.75 Å².